The third-order valence-corrected chi connectivity index (χ3v) is 4.15. The Morgan fingerprint density at radius 1 is 1.40 bits per heavy atom. The van der Waals surface area contributed by atoms with Crippen LogP contribution in [-0.2, 0) is 12.0 Å². The van der Waals surface area contributed by atoms with Crippen molar-refractivity contribution in [1.29, 1.82) is 0 Å². The van der Waals surface area contributed by atoms with Gasteiger partial charge in [0.25, 0.3) is 0 Å². The van der Waals surface area contributed by atoms with E-state index in [1.807, 2.05) is 5.38 Å². The minimum Gasteiger partial charge on any atom is -0.484 e. The third kappa shape index (κ3) is 3.49. The summed E-state index contributed by atoms with van der Waals surface area (Å²) in [6.45, 7) is 6.60. The lowest BCUT2D eigenvalue weighted by Crippen LogP contribution is -2.11. The first-order chi connectivity index (χ1) is 9.27. The summed E-state index contributed by atoms with van der Waals surface area (Å²) in [7, 11) is 0. The van der Waals surface area contributed by atoms with Crippen molar-refractivity contribution < 1.29 is 9.13 Å². The zero-order valence-electron chi connectivity index (χ0n) is 11.5. The van der Waals surface area contributed by atoms with Gasteiger partial charge in [-0.1, -0.05) is 20.8 Å². The van der Waals surface area contributed by atoms with E-state index in [1.165, 1.54) is 23.5 Å². The highest BCUT2D eigenvalue weighted by molar-refractivity contribution is 9.10. The average molecular weight is 359 g/mol. The van der Waals surface area contributed by atoms with Gasteiger partial charge in [-0.3, -0.25) is 0 Å². The number of rotatable bonds is 3. The van der Waals surface area contributed by atoms with Gasteiger partial charge in [-0.15, -0.1) is 11.3 Å². The lowest BCUT2D eigenvalue weighted by Gasteiger charge is -2.14. The summed E-state index contributed by atoms with van der Waals surface area (Å²) in [5.74, 6) is -0.0677. The molecule has 0 amide bonds. The lowest BCUT2D eigenvalue weighted by atomic mass is 9.93. The standard InChI is InChI=1S/C14H16BrFN2OS/c1-14(2,3)12-7-20-13(18-12)6-19-11-5-9(16)8(15)4-10(11)17/h4-5,7H,6,17H2,1-3H3. The number of nitrogen functional groups attached to an aromatic ring is 1. The van der Waals surface area contributed by atoms with Gasteiger partial charge in [-0.05, 0) is 22.0 Å². The Bertz CT molecular complexity index is 622. The first-order valence-corrected chi connectivity index (χ1v) is 7.77. The lowest BCUT2D eigenvalue weighted by molar-refractivity contribution is 0.305. The van der Waals surface area contributed by atoms with E-state index in [0.717, 1.165) is 10.7 Å². The number of aromatic nitrogens is 1. The molecule has 0 fully saturated rings. The van der Waals surface area contributed by atoms with Gasteiger partial charge in [0, 0.05) is 16.9 Å². The number of benzene rings is 1. The minimum absolute atomic E-state index is 0.0114. The molecule has 0 radical (unpaired) electrons. The van der Waals surface area contributed by atoms with Crippen LogP contribution in [0.1, 0.15) is 31.5 Å². The van der Waals surface area contributed by atoms with Gasteiger partial charge in [-0.2, -0.15) is 0 Å². The smallest absolute Gasteiger partial charge is 0.145 e. The summed E-state index contributed by atoms with van der Waals surface area (Å²) in [4.78, 5) is 4.52. The molecule has 0 unspecified atom stereocenters. The highest BCUT2D eigenvalue weighted by Crippen LogP contribution is 2.30. The summed E-state index contributed by atoms with van der Waals surface area (Å²) >= 11 is 4.61. The molecule has 2 aromatic rings. The summed E-state index contributed by atoms with van der Waals surface area (Å²) < 4.78 is 19.3. The summed E-state index contributed by atoms with van der Waals surface area (Å²) in [6.07, 6.45) is 0. The Hall–Kier alpha value is -1.14. The molecule has 6 heteroatoms. The van der Waals surface area contributed by atoms with E-state index in [0.29, 0.717) is 15.9 Å². The molecule has 0 aliphatic rings. The predicted octanol–water partition coefficient (Wildman–Crippen LogP) is 4.50. The van der Waals surface area contributed by atoms with E-state index >= 15 is 0 Å². The second-order valence-electron chi connectivity index (χ2n) is 5.47. The fraction of sp³-hybridized carbons (Fsp3) is 0.357. The van der Waals surface area contributed by atoms with Crippen LogP contribution in [0.15, 0.2) is 22.0 Å². The Morgan fingerprint density at radius 3 is 2.70 bits per heavy atom. The molecule has 1 aromatic carbocycles. The van der Waals surface area contributed by atoms with Crippen molar-refractivity contribution in [2.24, 2.45) is 0 Å². The van der Waals surface area contributed by atoms with Crippen molar-refractivity contribution in [3.8, 4) is 5.75 Å². The van der Waals surface area contributed by atoms with Gasteiger partial charge < -0.3 is 10.5 Å². The van der Waals surface area contributed by atoms with Crippen molar-refractivity contribution in [3.63, 3.8) is 0 Å². The van der Waals surface area contributed by atoms with Crippen molar-refractivity contribution in [1.82, 2.24) is 4.98 Å². The van der Waals surface area contributed by atoms with Gasteiger partial charge in [-0.25, -0.2) is 9.37 Å². The van der Waals surface area contributed by atoms with Gasteiger partial charge in [0.05, 0.1) is 15.9 Å². The first kappa shape index (κ1) is 15.3. The molecule has 0 bridgehead atoms. The number of anilines is 1. The SMILES string of the molecule is CC(C)(C)c1csc(COc2cc(F)c(Br)cc2N)n1. The maximum atomic E-state index is 13.4. The van der Waals surface area contributed by atoms with Gasteiger partial charge in [0.1, 0.15) is 23.2 Å². The zero-order chi connectivity index (χ0) is 14.9. The molecule has 0 aliphatic heterocycles. The van der Waals surface area contributed by atoms with Crippen LogP contribution in [0.25, 0.3) is 0 Å². The molecule has 3 nitrogen and oxygen atoms in total. The molecule has 0 spiro atoms. The number of hydrogen-bond acceptors (Lipinski definition) is 4. The molecule has 2 N–H and O–H groups in total. The number of ether oxygens (including phenoxy) is 1. The number of halogens is 2. The number of nitrogens with two attached hydrogens (primary N) is 1. The van der Waals surface area contributed by atoms with Crippen LogP contribution in [0.5, 0.6) is 5.75 Å². The molecule has 0 atom stereocenters. The molecule has 20 heavy (non-hydrogen) atoms. The highest BCUT2D eigenvalue weighted by atomic mass is 79.9. The quantitative estimate of drug-likeness (QED) is 0.821. The Labute approximate surface area is 130 Å². The summed E-state index contributed by atoms with van der Waals surface area (Å²) in [6, 6.07) is 2.77. The van der Waals surface area contributed by atoms with Crippen molar-refractivity contribution in [2.45, 2.75) is 32.8 Å². The molecule has 2 rings (SSSR count). The fourth-order valence-corrected chi connectivity index (χ4v) is 2.82. The highest BCUT2D eigenvalue weighted by Gasteiger charge is 2.17. The van der Waals surface area contributed by atoms with Crippen LogP contribution in [-0.4, -0.2) is 4.98 Å². The number of nitrogens with zero attached hydrogens (tertiary/aromatic N) is 1. The van der Waals surface area contributed by atoms with Crippen LogP contribution >= 0.6 is 27.3 Å². The van der Waals surface area contributed by atoms with Crippen molar-refractivity contribution >= 4 is 33.0 Å². The maximum absolute atomic E-state index is 13.4. The van der Waals surface area contributed by atoms with Crippen LogP contribution in [0, 0.1) is 5.82 Å². The van der Waals surface area contributed by atoms with E-state index in [-0.39, 0.29) is 12.0 Å². The second-order valence-corrected chi connectivity index (χ2v) is 7.27. The Balaban J connectivity index is 2.09. The van der Waals surface area contributed by atoms with E-state index in [2.05, 4.69) is 41.7 Å². The van der Waals surface area contributed by atoms with E-state index in [1.54, 1.807) is 0 Å². The number of hydrogen-bond donors (Lipinski definition) is 1. The van der Waals surface area contributed by atoms with Crippen LogP contribution in [0.2, 0.25) is 0 Å². The zero-order valence-corrected chi connectivity index (χ0v) is 13.9. The minimum atomic E-state index is -0.399. The van der Waals surface area contributed by atoms with Crippen LogP contribution in [0.3, 0.4) is 0 Å². The molecule has 108 valence electrons. The van der Waals surface area contributed by atoms with E-state index < -0.39 is 5.82 Å². The summed E-state index contributed by atoms with van der Waals surface area (Å²) in [5.41, 5.74) is 7.22. The number of thiazole rings is 1. The van der Waals surface area contributed by atoms with E-state index in [4.69, 9.17) is 10.5 Å². The summed E-state index contributed by atoms with van der Waals surface area (Å²) in [5, 5.41) is 2.86. The monoisotopic (exact) mass is 358 g/mol. The normalized spacial score (nSPS) is 11.7. The molecular weight excluding hydrogens is 343 g/mol. The molecule has 1 aromatic heterocycles. The maximum Gasteiger partial charge on any atom is 0.145 e. The molecule has 0 aliphatic carbocycles. The largest absolute Gasteiger partial charge is 0.484 e. The Kier molecular flexibility index (Phi) is 4.34. The molecular formula is C14H16BrFN2OS. The van der Waals surface area contributed by atoms with Crippen LogP contribution in [0.4, 0.5) is 10.1 Å². The van der Waals surface area contributed by atoms with Crippen LogP contribution < -0.4 is 10.5 Å². The van der Waals surface area contributed by atoms with Crippen molar-refractivity contribution in [2.75, 3.05) is 5.73 Å². The Morgan fingerprint density at radius 2 is 2.10 bits per heavy atom. The van der Waals surface area contributed by atoms with E-state index in [9.17, 15) is 4.39 Å². The predicted molar refractivity (Wildman–Crippen MR) is 83.7 cm³/mol. The van der Waals surface area contributed by atoms with Gasteiger partial charge in [0.15, 0.2) is 0 Å². The van der Waals surface area contributed by atoms with Gasteiger partial charge >= 0.3 is 0 Å². The van der Waals surface area contributed by atoms with Gasteiger partial charge in [0.2, 0.25) is 0 Å². The fourth-order valence-electron chi connectivity index (χ4n) is 1.53. The topological polar surface area (TPSA) is 48.1 Å². The third-order valence-electron chi connectivity index (χ3n) is 2.72. The first-order valence-electron chi connectivity index (χ1n) is 6.09. The molecule has 1 heterocycles. The molecule has 0 saturated carbocycles. The molecule has 0 saturated heterocycles. The second kappa shape index (κ2) is 5.69. The average Bonchev–Trinajstić information content (AvgIpc) is 2.80. The van der Waals surface area contributed by atoms with Crippen molar-refractivity contribution in [3.05, 3.63) is 38.5 Å².